The first kappa shape index (κ1) is 11.0. The van der Waals surface area contributed by atoms with Gasteiger partial charge >= 0.3 is 0 Å². The average Bonchev–Trinajstić information content (AvgIpc) is 2.77. The minimum absolute atomic E-state index is 0.497. The summed E-state index contributed by atoms with van der Waals surface area (Å²) in [6.07, 6.45) is 2.26. The van der Waals surface area contributed by atoms with Crippen LogP contribution in [-0.2, 0) is 6.42 Å². The summed E-state index contributed by atoms with van der Waals surface area (Å²) in [6, 6.07) is 5.14. The zero-order chi connectivity index (χ0) is 12.7. The van der Waals surface area contributed by atoms with Crippen LogP contribution in [0.1, 0.15) is 11.1 Å². The van der Waals surface area contributed by atoms with Gasteiger partial charge in [-0.15, -0.1) is 0 Å². The number of hydrogen-bond acceptors (Lipinski definition) is 3. The quantitative estimate of drug-likeness (QED) is 0.619. The normalized spacial score (nSPS) is 13.2. The lowest BCUT2D eigenvalue weighted by Crippen LogP contribution is -1.98. The predicted octanol–water partition coefficient (Wildman–Crippen LogP) is 2.71. The van der Waals surface area contributed by atoms with Gasteiger partial charge in [0.2, 0.25) is 5.95 Å². The molecule has 0 fully saturated rings. The second-order valence-corrected chi connectivity index (χ2v) is 4.42. The lowest BCUT2D eigenvalue weighted by atomic mass is 9.95. The van der Waals surface area contributed by atoms with E-state index in [1.807, 2.05) is 13.0 Å². The number of ether oxygens (including phenoxy) is 1. The number of anilines is 1. The summed E-state index contributed by atoms with van der Waals surface area (Å²) >= 11 is 0. The Morgan fingerprint density at radius 3 is 3.00 bits per heavy atom. The number of aryl methyl sites for hydroxylation is 1. The first-order valence-electron chi connectivity index (χ1n) is 5.83. The Kier molecular flexibility index (Phi) is 2.44. The van der Waals surface area contributed by atoms with Crippen LogP contribution in [0.4, 0.5) is 10.1 Å². The Hall–Kier alpha value is -2.10. The highest BCUT2D eigenvalue weighted by atomic mass is 19.1. The Morgan fingerprint density at radius 2 is 2.22 bits per heavy atom. The van der Waals surface area contributed by atoms with Crippen molar-refractivity contribution in [1.29, 1.82) is 0 Å². The number of nitrogens with two attached hydrogens (primary N) is 1. The Labute approximate surface area is 104 Å². The maximum atomic E-state index is 13.2. The molecule has 3 nitrogen and oxygen atoms in total. The van der Waals surface area contributed by atoms with Crippen molar-refractivity contribution in [2.24, 2.45) is 0 Å². The standard InChI is InChI=1S/C14H13FN2O/c1-8-6-11-10(3-5-18-11)14(16)13(8)9-2-4-17-12(15)7-9/h2,4,6-7H,3,5,16H2,1H3. The van der Waals surface area contributed by atoms with Crippen molar-refractivity contribution in [2.45, 2.75) is 13.3 Å². The second kappa shape index (κ2) is 3.98. The smallest absolute Gasteiger partial charge is 0.213 e. The first-order chi connectivity index (χ1) is 8.66. The summed E-state index contributed by atoms with van der Waals surface area (Å²) in [5.41, 5.74) is 10.5. The average molecular weight is 244 g/mol. The fourth-order valence-electron chi connectivity index (χ4n) is 2.44. The van der Waals surface area contributed by atoms with Crippen molar-refractivity contribution in [3.63, 3.8) is 0 Å². The molecule has 0 spiro atoms. The largest absolute Gasteiger partial charge is 0.493 e. The van der Waals surface area contributed by atoms with E-state index in [1.165, 1.54) is 12.3 Å². The number of nitrogens with zero attached hydrogens (tertiary/aromatic N) is 1. The molecule has 92 valence electrons. The Morgan fingerprint density at radius 1 is 1.39 bits per heavy atom. The highest BCUT2D eigenvalue weighted by Crippen LogP contribution is 2.40. The molecule has 0 atom stereocenters. The molecule has 2 heterocycles. The molecule has 1 aromatic carbocycles. The minimum atomic E-state index is -0.497. The van der Waals surface area contributed by atoms with Gasteiger partial charge in [0.25, 0.3) is 0 Å². The molecular weight excluding hydrogens is 231 g/mol. The molecule has 0 radical (unpaired) electrons. The van der Waals surface area contributed by atoms with Crippen LogP contribution in [-0.4, -0.2) is 11.6 Å². The summed E-state index contributed by atoms with van der Waals surface area (Å²) < 4.78 is 18.7. The van der Waals surface area contributed by atoms with Crippen molar-refractivity contribution < 1.29 is 9.13 Å². The van der Waals surface area contributed by atoms with Crippen LogP contribution in [0, 0.1) is 12.9 Å². The monoisotopic (exact) mass is 244 g/mol. The molecule has 1 aromatic heterocycles. The summed E-state index contributed by atoms with van der Waals surface area (Å²) in [4.78, 5) is 3.56. The molecule has 0 aliphatic carbocycles. The molecule has 18 heavy (non-hydrogen) atoms. The third kappa shape index (κ3) is 1.61. The first-order valence-corrected chi connectivity index (χ1v) is 5.83. The molecule has 1 aliphatic rings. The number of rotatable bonds is 1. The molecule has 0 unspecified atom stereocenters. The van der Waals surface area contributed by atoms with Crippen LogP contribution < -0.4 is 10.5 Å². The zero-order valence-electron chi connectivity index (χ0n) is 10.0. The fourth-order valence-corrected chi connectivity index (χ4v) is 2.44. The van der Waals surface area contributed by atoms with Gasteiger partial charge in [0.15, 0.2) is 0 Å². The van der Waals surface area contributed by atoms with Crippen molar-refractivity contribution >= 4 is 5.69 Å². The molecule has 3 rings (SSSR count). The van der Waals surface area contributed by atoms with E-state index in [0.717, 1.165) is 34.4 Å². The molecule has 1 aliphatic heterocycles. The third-order valence-electron chi connectivity index (χ3n) is 3.26. The van der Waals surface area contributed by atoms with Gasteiger partial charge in [-0.2, -0.15) is 4.39 Å². The topological polar surface area (TPSA) is 48.1 Å². The molecule has 0 saturated heterocycles. The lowest BCUT2D eigenvalue weighted by Gasteiger charge is -2.13. The maximum absolute atomic E-state index is 13.2. The second-order valence-electron chi connectivity index (χ2n) is 4.42. The van der Waals surface area contributed by atoms with Crippen molar-refractivity contribution in [3.8, 4) is 16.9 Å². The lowest BCUT2D eigenvalue weighted by molar-refractivity contribution is 0.356. The number of fused-ring (bicyclic) bond motifs is 1. The van der Waals surface area contributed by atoms with Gasteiger partial charge in [-0.05, 0) is 30.2 Å². The molecule has 4 heteroatoms. The van der Waals surface area contributed by atoms with Gasteiger partial charge in [-0.3, -0.25) is 0 Å². The van der Waals surface area contributed by atoms with E-state index in [-0.39, 0.29) is 0 Å². The molecule has 0 bridgehead atoms. The predicted molar refractivity (Wildman–Crippen MR) is 68.0 cm³/mol. The highest BCUT2D eigenvalue weighted by Gasteiger charge is 2.20. The summed E-state index contributed by atoms with van der Waals surface area (Å²) in [6.45, 7) is 2.61. The van der Waals surface area contributed by atoms with Crippen molar-refractivity contribution in [3.05, 3.63) is 41.5 Å². The van der Waals surface area contributed by atoms with E-state index >= 15 is 0 Å². The minimum Gasteiger partial charge on any atom is -0.493 e. The molecular formula is C14H13FN2O. The van der Waals surface area contributed by atoms with E-state index in [1.54, 1.807) is 6.07 Å². The van der Waals surface area contributed by atoms with E-state index in [9.17, 15) is 4.39 Å². The van der Waals surface area contributed by atoms with Gasteiger partial charge in [0.1, 0.15) is 5.75 Å². The van der Waals surface area contributed by atoms with Gasteiger partial charge < -0.3 is 10.5 Å². The maximum Gasteiger partial charge on any atom is 0.213 e. The fraction of sp³-hybridized carbons (Fsp3) is 0.214. The molecule has 2 aromatic rings. The van der Waals surface area contributed by atoms with Gasteiger partial charge in [0, 0.05) is 35.5 Å². The highest BCUT2D eigenvalue weighted by molar-refractivity contribution is 5.83. The van der Waals surface area contributed by atoms with E-state index < -0.39 is 5.95 Å². The van der Waals surface area contributed by atoms with Crippen LogP contribution >= 0.6 is 0 Å². The molecule has 0 saturated carbocycles. The van der Waals surface area contributed by atoms with Crippen molar-refractivity contribution in [1.82, 2.24) is 4.98 Å². The Bertz CT molecular complexity index is 625. The number of halogens is 1. The number of nitrogen functional groups attached to an aromatic ring is 1. The summed E-state index contributed by atoms with van der Waals surface area (Å²) in [5, 5.41) is 0. The van der Waals surface area contributed by atoms with E-state index in [4.69, 9.17) is 10.5 Å². The summed E-state index contributed by atoms with van der Waals surface area (Å²) in [5.74, 6) is 0.353. The number of pyridine rings is 1. The number of aromatic nitrogens is 1. The van der Waals surface area contributed by atoms with E-state index in [2.05, 4.69) is 4.98 Å². The molecule has 0 amide bonds. The zero-order valence-corrected chi connectivity index (χ0v) is 10.0. The van der Waals surface area contributed by atoms with Crippen LogP contribution in [0.3, 0.4) is 0 Å². The van der Waals surface area contributed by atoms with Crippen LogP contribution in [0.2, 0.25) is 0 Å². The Balaban J connectivity index is 2.24. The number of hydrogen-bond donors (Lipinski definition) is 1. The third-order valence-corrected chi connectivity index (χ3v) is 3.26. The number of benzene rings is 1. The van der Waals surface area contributed by atoms with Crippen LogP contribution in [0.15, 0.2) is 24.4 Å². The van der Waals surface area contributed by atoms with Gasteiger partial charge in [0.05, 0.1) is 6.61 Å². The van der Waals surface area contributed by atoms with E-state index in [0.29, 0.717) is 12.3 Å². The SMILES string of the molecule is Cc1cc2c(c(N)c1-c1ccnc(F)c1)CCO2. The van der Waals surface area contributed by atoms with Gasteiger partial charge in [-0.1, -0.05) is 0 Å². The van der Waals surface area contributed by atoms with Gasteiger partial charge in [-0.25, -0.2) is 4.98 Å². The van der Waals surface area contributed by atoms with Crippen LogP contribution in [0.25, 0.3) is 11.1 Å². The van der Waals surface area contributed by atoms with Crippen LogP contribution in [0.5, 0.6) is 5.75 Å². The molecule has 2 N–H and O–H groups in total. The van der Waals surface area contributed by atoms with Crippen molar-refractivity contribution in [2.75, 3.05) is 12.3 Å². The summed E-state index contributed by atoms with van der Waals surface area (Å²) in [7, 11) is 0.